The van der Waals surface area contributed by atoms with Crippen molar-refractivity contribution in [2.75, 3.05) is 11.1 Å². The van der Waals surface area contributed by atoms with Crippen molar-refractivity contribution in [3.05, 3.63) is 58.1 Å². The molecule has 0 radical (unpaired) electrons. The Bertz CT molecular complexity index is 720. The lowest BCUT2D eigenvalue weighted by Gasteiger charge is -2.09. The molecule has 0 saturated carbocycles. The number of hydrogen-bond acceptors (Lipinski definition) is 3. The number of nitrogens with two attached hydrogens (primary N) is 1. The third-order valence-corrected chi connectivity index (χ3v) is 3.15. The Labute approximate surface area is 121 Å². The Hall–Kier alpha value is -2.51. The molecule has 20 heavy (non-hydrogen) atoms. The topological polar surface area (TPSA) is 78.9 Å². The second-order valence-corrected chi connectivity index (χ2v) is 4.74. The van der Waals surface area contributed by atoms with E-state index in [0.29, 0.717) is 27.5 Å². The first-order valence-corrected chi connectivity index (χ1v) is 6.26. The lowest BCUT2D eigenvalue weighted by molar-refractivity contribution is 0.102. The molecule has 4 nitrogen and oxygen atoms in total. The number of nitrogens with one attached hydrogen (secondary N) is 1. The van der Waals surface area contributed by atoms with E-state index in [4.69, 9.17) is 22.6 Å². The van der Waals surface area contributed by atoms with Gasteiger partial charge < -0.3 is 11.1 Å². The van der Waals surface area contributed by atoms with Gasteiger partial charge in [-0.1, -0.05) is 11.6 Å². The van der Waals surface area contributed by atoms with E-state index in [9.17, 15) is 4.79 Å². The standard InChI is InChI=1S/C15H12ClN3O/c1-9-6-11(18)3-4-12(9)15(20)19-14-5-2-10(8-17)7-13(14)16/h2-7H,18H2,1H3,(H,19,20). The monoisotopic (exact) mass is 285 g/mol. The van der Waals surface area contributed by atoms with E-state index in [-0.39, 0.29) is 5.91 Å². The summed E-state index contributed by atoms with van der Waals surface area (Å²) in [6, 6.07) is 11.8. The highest BCUT2D eigenvalue weighted by molar-refractivity contribution is 6.34. The van der Waals surface area contributed by atoms with Crippen LogP contribution in [0.2, 0.25) is 5.02 Å². The summed E-state index contributed by atoms with van der Waals surface area (Å²) in [6.07, 6.45) is 0. The van der Waals surface area contributed by atoms with Gasteiger partial charge in [-0.05, 0) is 48.9 Å². The fraction of sp³-hybridized carbons (Fsp3) is 0.0667. The van der Waals surface area contributed by atoms with Crippen LogP contribution < -0.4 is 11.1 Å². The normalized spacial score (nSPS) is 9.85. The molecule has 0 aliphatic carbocycles. The summed E-state index contributed by atoms with van der Waals surface area (Å²) >= 11 is 6.02. The lowest BCUT2D eigenvalue weighted by Crippen LogP contribution is -2.13. The lowest BCUT2D eigenvalue weighted by atomic mass is 10.1. The Balaban J connectivity index is 2.26. The first-order valence-electron chi connectivity index (χ1n) is 5.88. The molecule has 2 aromatic rings. The zero-order valence-electron chi connectivity index (χ0n) is 10.8. The molecular formula is C15H12ClN3O. The summed E-state index contributed by atoms with van der Waals surface area (Å²) in [7, 11) is 0. The van der Waals surface area contributed by atoms with Gasteiger partial charge in [-0.3, -0.25) is 4.79 Å². The summed E-state index contributed by atoms with van der Waals surface area (Å²) in [5.41, 5.74) is 8.48. The summed E-state index contributed by atoms with van der Waals surface area (Å²) < 4.78 is 0. The highest BCUT2D eigenvalue weighted by Gasteiger charge is 2.11. The summed E-state index contributed by atoms with van der Waals surface area (Å²) in [4.78, 5) is 12.2. The van der Waals surface area contributed by atoms with Gasteiger partial charge in [0.2, 0.25) is 0 Å². The Morgan fingerprint density at radius 2 is 2.05 bits per heavy atom. The fourth-order valence-electron chi connectivity index (χ4n) is 1.82. The van der Waals surface area contributed by atoms with E-state index >= 15 is 0 Å². The summed E-state index contributed by atoms with van der Waals surface area (Å²) in [5.74, 6) is -0.269. The third kappa shape index (κ3) is 2.90. The van der Waals surface area contributed by atoms with Crippen molar-refractivity contribution in [2.45, 2.75) is 6.92 Å². The van der Waals surface area contributed by atoms with Crippen LogP contribution in [0.5, 0.6) is 0 Å². The van der Waals surface area contributed by atoms with Crippen LogP contribution in [0.25, 0.3) is 0 Å². The van der Waals surface area contributed by atoms with Gasteiger partial charge in [0, 0.05) is 11.3 Å². The molecule has 0 aromatic heterocycles. The number of amides is 1. The van der Waals surface area contributed by atoms with Gasteiger partial charge >= 0.3 is 0 Å². The van der Waals surface area contributed by atoms with Gasteiger partial charge in [0.25, 0.3) is 5.91 Å². The van der Waals surface area contributed by atoms with Gasteiger partial charge in [0.05, 0.1) is 22.3 Å². The minimum Gasteiger partial charge on any atom is -0.399 e. The molecule has 3 N–H and O–H groups in total. The largest absolute Gasteiger partial charge is 0.399 e. The maximum Gasteiger partial charge on any atom is 0.255 e. The molecule has 0 heterocycles. The molecule has 0 fully saturated rings. The molecule has 0 spiro atoms. The number of carbonyl (C=O) groups is 1. The van der Waals surface area contributed by atoms with E-state index in [0.717, 1.165) is 5.56 Å². The number of aryl methyl sites for hydroxylation is 1. The molecule has 1 amide bonds. The van der Waals surface area contributed by atoms with Gasteiger partial charge in [-0.15, -0.1) is 0 Å². The number of benzene rings is 2. The van der Waals surface area contributed by atoms with Crippen LogP contribution in [-0.2, 0) is 0 Å². The number of nitrogen functional groups attached to an aromatic ring is 1. The fourth-order valence-corrected chi connectivity index (χ4v) is 2.05. The van der Waals surface area contributed by atoms with Crippen molar-refractivity contribution in [1.29, 1.82) is 5.26 Å². The molecule has 100 valence electrons. The molecule has 2 rings (SSSR count). The Kier molecular flexibility index (Phi) is 3.92. The van der Waals surface area contributed by atoms with E-state index < -0.39 is 0 Å². The Morgan fingerprint density at radius 3 is 2.65 bits per heavy atom. The average Bonchev–Trinajstić information content (AvgIpc) is 2.40. The SMILES string of the molecule is Cc1cc(N)ccc1C(=O)Nc1ccc(C#N)cc1Cl. The number of nitriles is 1. The predicted molar refractivity (Wildman–Crippen MR) is 79.7 cm³/mol. The van der Waals surface area contributed by atoms with E-state index in [2.05, 4.69) is 5.32 Å². The van der Waals surface area contributed by atoms with Crippen LogP contribution in [-0.4, -0.2) is 5.91 Å². The van der Waals surface area contributed by atoms with E-state index in [1.165, 1.54) is 6.07 Å². The van der Waals surface area contributed by atoms with Crippen LogP contribution >= 0.6 is 11.6 Å². The first kappa shape index (κ1) is 13.9. The quantitative estimate of drug-likeness (QED) is 0.831. The molecule has 5 heteroatoms. The molecule has 0 atom stereocenters. The third-order valence-electron chi connectivity index (χ3n) is 2.84. The molecule has 2 aromatic carbocycles. The van der Waals surface area contributed by atoms with Gasteiger partial charge in [0.15, 0.2) is 0 Å². The minimum atomic E-state index is -0.269. The smallest absolute Gasteiger partial charge is 0.255 e. The van der Waals surface area contributed by atoms with E-state index in [1.807, 2.05) is 13.0 Å². The zero-order chi connectivity index (χ0) is 14.7. The zero-order valence-corrected chi connectivity index (χ0v) is 11.5. The van der Waals surface area contributed by atoms with Gasteiger partial charge in [-0.2, -0.15) is 5.26 Å². The number of carbonyl (C=O) groups excluding carboxylic acids is 1. The van der Waals surface area contributed by atoms with Crippen LogP contribution in [0.3, 0.4) is 0 Å². The second kappa shape index (κ2) is 5.64. The van der Waals surface area contributed by atoms with Crippen molar-refractivity contribution in [2.24, 2.45) is 0 Å². The second-order valence-electron chi connectivity index (χ2n) is 4.33. The van der Waals surface area contributed by atoms with Crippen molar-refractivity contribution in [1.82, 2.24) is 0 Å². The molecule has 0 bridgehead atoms. The molecule has 0 unspecified atom stereocenters. The van der Waals surface area contributed by atoms with Gasteiger partial charge in [0.1, 0.15) is 0 Å². The first-order chi connectivity index (χ1) is 9.51. The maximum absolute atomic E-state index is 12.2. The average molecular weight is 286 g/mol. The van der Waals surface area contributed by atoms with Crippen LogP contribution in [0.4, 0.5) is 11.4 Å². The van der Waals surface area contributed by atoms with Crippen molar-refractivity contribution >= 4 is 28.9 Å². The maximum atomic E-state index is 12.2. The van der Waals surface area contributed by atoms with Crippen molar-refractivity contribution in [3.8, 4) is 6.07 Å². The molecular weight excluding hydrogens is 274 g/mol. The Morgan fingerprint density at radius 1 is 1.30 bits per heavy atom. The van der Waals surface area contributed by atoms with Crippen LogP contribution in [0, 0.1) is 18.3 Å². The molecule has 0 aliphatic heterocycles. The number of anilines is 2. The number of halogens is 1. The number of nitrogens with zero attached hydrogens (tertiary/aromatic N) is 1. The van der Waals surface area contributed by atoms with E-state index in [1.54, 1.807) is 30.3 Å². The minimum absolute atomic E-state index is 0.269. The number of hydrogen-bond donors (Lipinski definition) is 2. The highest BCUT2D eigenvalue weighted by Crippen LogP contribution is 2.24. The van der Waals surface area contributed by atoms with Crippen LogP contribution in [0.15, 0.2) is 36.4 Å². The van der Waals surface area contributed by atoms with Gasteiger partial charge in [-0.25, -0.2) is 0 Å². The van der Waals surface area contributed by atoms with Crippen molar-refractivity contribution < 1.29 is 4.79 Å². The highest BCUT2D eigenvalue weighted by atomic mass is 35.5. The predicted octanol–water partition coefficient (Wildman–Crippen LogP) is 3.35. The molecule has 0 aliphatic rings. The summed E-state index contributed by atoms with van der Waals surface area (Å²) in [6.45, 7) is 1.81. The van der Waals surface area contributed by atoms with Crippen molar-refractivity contribution in [3.63, 3.8) is 0 Å². The number of rotatable bonds is 2. The molecule has 0 saturated heterocycles. The van der Waals surface area contributed by atoms with Crippen LogP contribution in [0.1, 0.15) is 21.5 Å². The summed E-state index contributed by atoms with van der Waals surface area (Å²) in [5, 5.41) is 11.8.